The highest BCUT2D eigenvalue weighted by Gasteiger charge is 2.21. The third kappa shape index (κ3) is 3.80. The van der Waals surface area contributed by atoms with E-state index >= 15 is 0 Å². The lowest BCUT2D eigenvalue weighted by atomic mass is 10.0. The first-order valence-corrected chi connectivity index (χ1v) is 9.50. The molecule has 1 N–H and O–H groups in total. The van der Waals surface area contributed by atoms with Crippen molar-refractivity contribution in [1.29, 1.82) is 0 Å². The van der Waals surface area contributed by atoms with Gasteiger partial charge >= 0.3 is 0 Å². The van der Waals surface area contributed by atoms with Crippen LogP contribution in [0.3, 0.4) is 0 Å². The summed E-state index contributed by atoms with van der Waals surface area (Å²) >= 11 is 1.37. The zero-order valence-corrected chi connectivity index (χ0v) is 17.3. The number of aromatic nitrogens is 1. The minimum absolute atomic E-state index is 0.311. The molecule has 0 spiro atoms. The minimum Gasteiger partial charge on any atom is -0.493 e. The normalized spacial score (nSPS) is 10.5. The van der Waals surface area contributed by atoms with Gasteiger partial charge in [0.05, 0.1) is 32.6 Å². The second-order valence-corrected chi connectivity index (χ2v) is 7.05. The SMILES string of the molecule is COc1ccc(C(=O)Nc2nc(-c3cc(C)ccc3C)cs2)c(OC)c1OC. The van der Waals surface area contributed by atoms with Crippen LogP contribution in [0.2, 0.25) is 0 Å². The molecule has 0 aliphatic carbocycles. The Labute approximate surface area is 168 Å². The molecule has 0 fully saturated rings. The van der Waals surface area contributed by atoms with Gasteiger partial charge in [-0.2, -0.15) is 0 Å². The lowest BCUT2D eigenvalue weighted by molar-refractivity contribution is 0.102. The molecule has 0 bridgehead atoms. The summed E-state index contributed by atoms with van der Waals surface area (Å²) in [5, 5.41) is 5.28. The highest BCUT2D eigenvalue weighted by atomic mass is 32.1. The van der Waals surface area contributed by atoms with E-state index < -0.39 is 0 Å². The van der Waals surface area contributed by atoms with Gasteiger partial charge in [-0.3, -0.25) is 10.1 Å². The number of nitrogens with zero attached hydrogens (tertiary/aromatic N) is 1. The van der Waals surface area contributed by atoms with E-state index in [1.807, 2.05) is 19.2 Å². The summed E-state index contributed by atoms with van der Waals surface area (Å²) in [6.07, 6.45) is 0. The predicted molar refractivity (Wildman–Crippen MR) is 111 cm³/mol. The summed E-state index contributed by atoms with van der Waals surface area (Å²) in [6, 6.07) is 9.52. The van der Waals surface area contributed by atoms with E-state index in [-0.39, 0.29) is 5.91 Å². The zero-order chi connectivity index (χ0) is 20.3. The number of carbonyl (C=O) groups excluding carboxylic acids is 1. The number of benzene rings is 2. The number of hydrogen-bond acceptors (Lipinski definition) is 6. The Balaban J connectivity index is 1.89. The number of carbonyl (C=O) groups is 1. The molecule has 0 saturated heterocycles. The highest BCUT2D eigenvalue weighted by molar-refractivity contribution is 7.14. The van der Waals surface area contributed by atoms with Gasteiger partial charge < -0.3 is 14.2 Å². The number of rotatable bonds is 6. The summed E-state index contributed by atoms with van der Waals surface area (Å²) in [5.74, 6) is 0.834. The van der Waals surface area contributed by atoms with Crippen LogP contribution in [0.5, 0.6) is 17.2 Å². The number of thiazole rings is 1. The van der Waals surface area contributed by atoms with Gasteiger partial charge in [0.25, 0.3) is 5.91 Å². The first-order chi connectivity index (χ1) is 13.5. The molecule has 0 saturated carbocycles. The van der Waals surface area contributed by atoms with Crippen LogP contribution in [-0.4, -0.2) is 32.2 Å². The molecule has 6 nitrogen and oxygen atoms in total. The van der Waals surface area contributed by atoms with E-state index in [9.17, 15) is 4.79 Å². The fraction of sp³-hybridized carbons (Fsp3) is 0.238. The molecule has 1 amide bonds. The van der Waals surface area contributed by atoms with Crippen molar-refractivity contribution < 1.29 is 19.0 Å². The van der Waals surface area contributed by atoms with Crippen LogP contribution in [0, 0.1) is 13.8 Å². The van der Waals surface area contributed by atoms with E-state index in [0.717, 1.165) is 22.4 Å². The minimum atomic E-state index is -0.334. The molecular weight excluding hydrogens is 376 g/mol. The van der Waals surface area contributed by atoms with Gasteiger partial charge in [-0.05, 0) is 37.6 Å². The fourth-order valence-corrected chi connectivity index (χ4v) is 3.62. The van der Waals surface area contributed by atoms with E-state index in [2.05, 4.69) is 28.5 Å². The number of aryl methyl sites for hydroxylation is 2. The third-order valence-electron chi connectivity index (χ3n) is 4.34. The summed E-state index contributed by atoms with van der Waals surface area (Å²) in [6.45, 7) is 4.09. The van der Waals surface area contributed by atoms with Crippen molar-refractivity contribution >= 4 is 22.4 Å². The molecule has 2 aromatic carbocycles. The van der Waals surface area contributed by atoms with Crippen molar-refractivity contribution in [2.45, 2.75) is 13.8 Å². The smallest absolute Gasteiger partial charge is 0.261 e. The van der Waals surface area contributed by atoms with Crippen LogP contribution in [0.25, 0.3) is 11.3 Å². The van der Waals surface area contributed by atoms with Gasteiger partial charge in [-0.15, -0.1) is 11.3 Å². The molecule has 146 valence electrons. The predicted octanol–water partition coefficient (Wildman–Crippen LogP) is 4.71. The molecule has 3 aromatic rings. The van der Waals surface area contributed by atoms with Crippen LogP contribution in [-0.2, 0) is 0 Å². The van der Waals surface area contributed by atoms with E-state index in [1.165, 1.54) is 32.7 Å². The summed E-state index contributed by atoms with van der Waals surface area (Å²) in [7, 11) is 4.51. The second kappa shape index (κ2) is 8.31. The highest BCUT2D eigenvalue weighted by Crippen LogP contribution is 2.40. The molecule has 0 atom stereocenters. The van der Waals surface area contributed by atoms with Crippen molar-refractivity contribution in [2.24, 2.45) is 0 Å². The van der Waals surface area contributed by atoms with E-state index in [4.69, 9.17) is 14.2 Å². The van der Waals surface area contributed by atoms with Crippen LogP contribution < -0.4 is 19.5 Å². The first kappa shape index (κ1) is 19.7. The fourth-order valence-electron chi connectivity index (χ4n) is 2.91. The molecule has 28 heavy (non-hydrogen) atoms. The standard InChI is InChI=1S/C21H22N2O4S/c1-12-6-7-13(2)15(10-12)16-11-28-21(22-16)23-20(24)14-8-9-17(25-3)19(27-5)18(14)26-4/h6-11H,1-5H3,(H,22,23,24). The Morgan fingerprint density at radius 2 is 1.75 bits per heavy atom. The molecule has 1 heterocycles. The molecule has 7 heteroatoms. The Hall–Kier alpha value is -3.06. The van der Waals surface area contributed by atoms with Crippen molar-refractivity contribution in [1.82, 2.24) is 4.98 Å². The molecule has 3 rings (SSSR count). The Bertz CT molecular complexity index is 1010. The van der Waals surface area contributed by atoms with Gasteiger partial charge in [0.2, 0.25) is 5.75 Å². The lowest BCUT2D eigenvalue weighted by Crippen LogP contribution is -2.13. The maximum absolute atomic E-state index is 12.8. The van der Waals surface area contributed by atoms with Gasteiger partial charge in [-0.25, -0.2) is 4.98 Å². The monoisotopic (exact) mass is 398 g/mol. The zero-order valence-electron chi connectivity index (χ0n) is 16.5. The van der Waals surface area contributed by atoms with Crippen molar-refractivity contribution in [3.8, 4) is 28.5 Å². The summed E-state index contributed by atoms with van der Waals surface area (Å²) in [4.78, 5) is 17.4. The average Bonchev–Trinajstić information content (AvgIpc) is 3.16. The largest absolute Gasteiger partial charge is 0.493 e. The van der Waals surface area contributed by atoms with Crippen molar-refractivity contribution in [3.05, 3.63) is 52.4 Å². The molecular formula is C21H22N2O4S. The average molecular weight is 398 g/mol. The Morgan fingerprint density at radius 1 is 1.00 bits per heavy atom. The first-order valence-electron chi connectivity index (χ1n) is 8.62. The van der Waals surface area contributed by atoms with Crippen LogP contribution in [0.1, 0.15) is 21.5 Å². The van der Waals surface area contributed by atoms with Gasteiger partial charge in [0.1, 0.15) is 0 Å². The van der Waals surface area contributed by atoms with Gasteiger partial charge in [0, 0.05) is 10.9 Å². The Kier molecular flexibility index (Phi) is 5.84. The van der Waals surface area contributed by atoms with Crippen LogP contribution in [0.4, 0.5) is 5.13 Å². The van der Waals surface area contributed by atoms with E-state index in [0.29, 0.717) is 27.9 Å². The summed E-state index contributed by atoms with van der Waals surface area (Å²) < 4.78 is 16.0. The quantitative estimate of drug-likeness (QED) is 0.651. The van der Waals surface area contributed by atoms with Crippen LogP contribution in [0.15, 0.2) is 35.7 Å². The topological polar surface area (TPSA) is 69.7 Å². The number of ether oxygens (including phenoxy) is 3. The maximum Gasteiger partial charge on any atom is 0.261 e. The molecule has 0 radical (unpaired) electrons. The van der Waals surface area contributed by atoms with Gasteiger partial charge in [0.15, 0.2) is 16.6 Å². The number of anilines is 1. The summed E-state index contributed by atoms with van der Waals surface area (Å²) in [5.41, 5.74) is 4.52. The Morgan fingerprint density at radius 3 is 2.43 bits per heavy atom. The maximum atomic E-state index is 12.8. The number of methoxy groups -OCH3 is 3. The lowest BCUT2D eigenvalue weighted by Gasteiger charge is -2.15. The second-order valence-electron chi connectivity index (χ2n) is 6.19. The molecule has 0 unspecified atom stereocenters. The van der Waals surface area contributed by atoms with Crippen molar-refractivity contribution in [3.63, 3.8) is 0 Å². The number of nitrogens with one attached hydrogen (secondary N) is 1. The van der Waals surface area contributed by atoms with E-state index in [1.54, 1.807) is 12.1 Å². The number of amides is 1. The molecule has 1 aromatic heterocycles. The molecule has 0 aliphatic heterocycles. The van der Waals surface area contributed by atoms with Crippen LogP contribution >= 0.6 is 11.3 Å². The number of hydrogen-bond donors (Lipinski definition) is 1. The third-order valence-corrected chi connectivity index (χ3v) is 5.10. The van der Waals surface area contributed by atoms with Gasteiger partial charge in [-0.1, -0.05) is 17.7 Å². The van der Waals surface area contributed by atoms with Crippen molar-refractivity contribution in [2.75, 3.05) is 26.6 Å². The molecule has 0 aliphatic rings.